The highest BCUT2D eigenvalue weighted by Gasteiger charge is 2.06. The van der Waals surface area contributed by atoms with E-state index in [0.29, 0.717) is 30.2 Å². The Morgan fingerprint density at radius 1 is 1.21 bits per heavy atom. The Morgan fingerprint density at radius 3 is 2.88 bits per heavy atom. The van der Waals surface area contributed by atoms with Crippen molar-refractivity contribution in [1.82, 2.24) is 14.8 Å². The molecule has 0 bridgehead atoms. The maximum atomic E-state index is 12.3. The minimum absolute atomic E-state index is 0.140. The molecular formula is C18H18N4O2. The molecule has 0 saturated carbocycles. The summed E-state index contributed by atoms with van der Waals surface area (Å²) in [5, 5.41) is 6.90. The van der Waals surface area contributed by atoms with Gasteiger partial charge in [0.25, 0.3) is 5.91 Å². The molecule has 0 fully saturated rings. The Balaban J connectivity index is 1.59. The topological polar surface area (TPSA) is 69.0 Å². The molecule has 3 aromatic rings. The Morgan fingerprint density at radius 2 is 2.08 bits per heavy atom. The third kappa shape index (κ3) is 4.19. The van der Waals surface area contributed by atoms with Gasteiger partial charge in [-0.25, -0.2) is 9.67 Å². The maximum Gasteiger partial charge on any atom is 0.255 e. The van der Waals surface area contributed by atoms with Gasteiger partial charge in [0.1, 0.15) is 25.0 Å². The fraction of sp³-hybridized carbons (Fsp3) is 0.167. The summed E-state index contributed by atoms with van der Waals surface area (Å²) in [7, 11) is 0. The number of rotatable bonds is 6. The van der Waals surface area contributed by atoms with Crippen LogP contribution in [0.3, 0.4) is 0 Å². The van der Waals surface area contributed by atoms with Crippen LogP contribution in [0.15, 0.2) is 61.2 Å². The number of aromatic nitrogens is 3. The third-order valence-electron chi connectivity index (χ3n) is 3.43. The van der Waals surface area contributed by atoms with Gasteiger partial charge in [0, 0.05) is 17.3 Å². The van der Waals surface area contributed by atoms with Crippen LogP contribution in [-0.2, 0) is 6.54 Å². The Kier molecular flexibility index (Phi) is 4.86. The van der Waals surface area contributed by atoms with Crippen LogP contribution in [0.4, 0.5) is 5.69 Å². The number of ether oxygens (including phenoxy) is 1. The predicted molar refractivity (Wildman–Crippen MR) is 91.1 cm³/mol. The lowest BCUT2D eigenvalue weighted by atomic mass is 10.1. The summed E-state index contributed by atoms with van der Waals surface area (Å²) in [6.07, 6.45) is 3.13. The van der Waals surface area contributed by atoms with Gasteiger partial charge in [0.2, 0.25) is 0 Å². The molecule has 0 aliphatic heterocycles. The number of amides is 1. The highest BCUT2D eigenvalue weighted by atomic mass is 16.5. The van der Waals surface area contributed by atoms with E-state index in [0.717, 1.165) is 5.56 Å². The van der Waals surface area contributed by atoms with Crippen LogP contribution in [0.5, 0.6) is 5.75 Å². The lowest BCUT2D eigenvalue weighted by molar-refractivity contribution is 0.102. The predicted octanol–water partition coefficient (Wildman–Crippen LogP) is 2.92. The van der Waals surface area contributed by atoms with Crippen LogP contribution in [0.25, 0.3) is 0 Å². The van der Waals surface area contributed by atoms with E-state index in [-0.39, 0.29) is 5.91 Å². The monoisotopic (exact) mass is 322 g/mol. The van der Waals surface area contributed by atoms with Gasteiger partial charge in [-0.1, -0.05) is 23.8 Å². The second kappa shape index (κ2) is 7.41. The Labute approximate surface area is 140 Å². The average Bonchev–Trinajstić information content (AvgIpc) is 3.09. The molecular weight excluding hydrogens is 304 g/mol. The summed E-state index contributed by atoms with van der Waals surface area (Å²) in [6.45, 7) is 3.04. The van der Waals surface area contributed by atoms with E-state index >= 15 is 0 Å². The molecule has 0 saturated heterocycles. The first kappa shape index (κ1) is 15.7. The van der Waals surface area contributed by atoms with Crippen molar-refractivity contribution in [2.75, 3.05) is 11.9 Å². The van der Waals surface area contributed by atoms with Gasteiger partial charge in [-0.3, -0.25) is 4.79 Å². The van der Waals surface area contributed by atoms with Crippen molar-refractivity contribution in [3.05, 3.63) is 72.3 Å². The van der Waals surface area contributed by atoms with Crippen LogP contribution in [0.1, 0.15) is 15.9 Å². The van der Waals surface area contributed by atoms with Gasteiger partial charge in [-0.2, -0.15) is 5.10 Å². The summed E-state index contributed by atoms with van der Waals surface area (Å²) in [6, 6.07) is 14.8. The third-order valence-corrected chi connectivity index (χ3v) is 3.43. The van der Waals surface area contributed by atoms with Crippen molar-refractivity contribution in [2.45, 2.75) is 13.5 Å². The van der Waals surface area contributed by atoms with Gasteiger partial charge < -0.3 is 10.1 Å². The van der Waals surface area contributed by atoms with E-state index in [9.17, 15) is 4.79 Å². The minimum Gasteiger partial charge on any atom is -0.492 e. The number of hydrogen-bond donors (Lipinski definition) is 1. The standard InChI is InChI=1S/C18H18N4O2/c1-14-4-2-5-15(10-14)18(23)21-16-6-3-7-17(11-16)24-9-8-22-13-19-12-20-22/h2-7,10-13H,8-9H2,1H3,(H,21,23). The largest absolute Gasteiger partial charge is 0.492 e. The van der Waals surface area contributed by atoms with Gasteiger partial charge in [0.05, 0.1) is 6.54 Å². The number of aryl methyl sites for hydroxylation is 1. The normalized spacial score (nSPS) is 10.4. The first-order chi connectivity index (χ1) is 11.7. The molecule has 0 spiro atoms. The average molecular weight is 322 g/mol. The quantitative estimate of drug-likeness (QED) is 0.757. The van der Waals surface area contributed by atoms with Crippen LogP contribution in [0, 0.1) is 6.92 Å². The zero-order valence-electron chi connectivity index (χ0n) is 13.3. The summed E-state index contributed by atoms with van der Waals surface area (Å²) in [4.78, 5) is 16.2. The van der Waals surface area contributed by atoms with Crippen molar-refractivity contribution < 1.29 is 9.53 Å². The molecule has 3 rings (SSSR count). The number of carbonyl (C=O) groups is 1. The first-order valence-electron chi connectivity index (χ1n) is 7.64. The van der Waals surface area contributed by atoms with E-state index < -0.39 is 0 Å². The molecule has 0 aliphatic rings. The molecule has 0 atom stereocenters. The number of nitrogens with zero attached hydrogens (tertiary/aromatic N) is 3. The van der Waals surface area contributed by atoms with Crippen molar-refractivity contribution in [2.24, 2.45) is 0 Å². The minimum atomic E-state index is -0.140. The zero-order chi connectivity index (χ0) is 16.8. The van der Waals surface area contributed by atoms with Crippen LogP contribution in [-0.4, -0.2) is 27.3 Å². The molecule has 122 valence electrons. The van der Waals surface area contributed by atoms with E-state index in [4.69, 9.17) is 4.74 Å². The van der Waals surface area contributed by atoms with E-state index in [1.54, 1.807) is 23.1 Å². The molecule has 1 heterocycles. The molecule has 0 unspecified atom stereocenters. The van der Waals surface area contributed by atoms with Crippen molar-refractivity contribution in [3.63, 3.8) is 0 Å². The number of carbonyl (C=O) groups excluding carboxylic acids is 1. The summed E-state index contributed by atoms with van der Waals surface area (Å²) in [5.74, 6) is 0.552. The van der Waals surface area contributed by atoms with Crippen LogP contribution < -0.4 is 10.1 Å². The molecule has 1 amide bonds. The molecule has 6 heteroatoms. The second-order valence-electron chi connectivity index (χ2n) is 5.36. The molecule has 6 nitrogen and oxygen atoms in total. The highest BCUT2D eigenvalue weighted by molar-refractivity contribution is 6.04. The number of anilines is 1. The lowest BCUT2D eigenvalue weighted by Gasteiger charge is -2.09. The maximum absolute atomic E-state index is 12.3. The molecule has 2 aromatic carbocycles. The first-order valence-corrected chi connectivity index (χ1v) is 7.64. The molecule has 1 aromatic heterocycles. The number of hydrogen-bond acceptors (Lipinski definition) is 4. The van der Waals surface area contributed by atoms with E-state index in [1.807, 2.05) is 43.3 Å². The fourth-order valence-electron chi connectivity index (χ4n) is 2.26. The summed E-state index contributed by atoms with van der Waals surface area (Å²) >= 11 is 0. The molecule has 0 aliphatic carbocycles. The highest BCUT2D eigenvalue weighted by Crippen LogP contribution is 2.18. The fourth-order valence-corrected chi connectivity index (χ4v) is 2.26. The van der Waals surface area contributed by atoms with Gasteiger partial charge in [-0.05, 0) is 31.2 Å². The van der Waals surface area contributed by atoms with Crippen LogP contribution >= 0.6 is 0 Å². The number of nitrogens with one attached hydrogen (secondary N) is 1. The Hall–Kier alpha value is -3.15. The smallest absolute Gasteiger partial charge is 0.255 e. The molecule has 1 N–H and O–H groups in total. The second-order valence-corrected chi connectivity index (χ2v) is 5.36. The Bertz CT molecular complexity index is 815. The van der Waals surface area contributed by atoms with Crippen molar-refractivity contribution in [3.8, 4) is 5.75 Å². The van der Waals surface area contributed by atoms with E-state index in [1.165, 1.54) is 6.33 Å². The number of benzene rings is 2. The van der Waals surface area contributed by atoms with Gasteiger partial charge in [0.15, 0.2) is 0 Å². The van der Waals surface area contributed by atoms with Crippen LogP contribution in [0.2, 0.25) is 0 Å². The molecule has 0 radical (unpaired) electrons. The lowest BCUT2D eigenvalue weighted by Crippen LogP contribution is -2.12. The zero-order valence-corrected chi connectivity index (χ0v) is 13.3. The van der Waals surface area contributed by atoms with Gasteiger partial charge in [-0.15, -0.1) is 0 Å². The van der Waals surface area contributed by atoms with E-state index in [2.05, 4.69) is 15.4 Å². The molecule has 24 heavy (non-hydrogen) atoms. The summed E-state index contributed by atoms with van der Waals surface area (Å²) < 4.78 is 7.38. The SMILES string of the molecule is Cc1cccc(C(=O)Nc2cccc(OCCn3cncn3)c2)c1. The van der Waals surface area contributed by atoms with Crippen molar-refractivity contribution >= 4 is 11.6 Å². The summed E-state index contributed by atoms with van der Waals surface area (Å²) in [5.41, 5.74) is 2.38. The van der Waals surface area contributed by atoms with Gasteiger partial charge >= 0.3 is 0 Å². The van der Waals surface area contributed by atoms with Crippen molar-refractivity contribution in [1.29, 1.82) is 0 Å².